The van der Waals surface area contributed by atoms with Gasteiger partial charge in [-0.1, -0.05) is 35.3 Å². The molecule has 110 valence electrons. The van der Waals surface area contributed by atoms with Crippen LogP contribution in [0.3, 0.4) is 0 Å². The molecular formula is C17H17Cl2NO. The van der Waals surface area contributed by atoms with Gasteiger partial charge in [0, 0.05) is 12.6 Å². The Morgan fingerprint density at radius 2 is 1.76 bits per heavy atom. The minimum atomic E-state index is -0.0604. The summed E-state index contributed by atoms with van der Waals surface area (Å²) in [6.07, 6.45) is 0.782. The SMILES string of the molecule is CC(=O)Nc1cc(C)c(Cc2ccc(Cl)c(Cl)c2)cc1C. The van der Waals surface area contributed by atoms with Crippen LogP contribution in [0.4, 0.5) is 5.69 Å². The lowest BCUT2D eigenvalue weighted by molar-refractivity contribution is -0.114. The van der Waals surface area contributed by atoms with Gasteiger partial charge in [0.05, 0.1) is 10.0 Å². The van der Waals surface area contributed by atoms with E-state index in [2.05, 4.69) is 11.4 Å². The molecule has 0 aromatic heterocycles. The summed E-state index contributed by atoms with van der Waals surface area (Å²) in [6, 6.07) is 9.78. The van der Waals surface area contributed by atoms with Crippen molar-refractivity contribution in [1.82, 2.24) is 0 Å². The van der Waals surface area contributed by atoms with Crippen molar-refractivity contribution in [3.05, 3.63) is 62.6 Å². The zero-order chi connectivity index (χ0) is 15.6. The van der Waals surface area contributed by atoms with Gasteiger partial charge in [0.2, 0.25) is 5.91 Å². The van der Waals surface area contributed by atoms with Crippen LogP contribution in [0.25, 0.3) is 0 Å². The van der Waals surface area contributed by atoms with E-state index in [-0.39, 0.29) is 5.91 Å². The van der Waals surface area contributed by atoms with Crippen LogP contribution in [-0.4, -0.2) is 5.91 Å². The standard InChI is InChI=1S/C17H17Cl2NO/c1-10-7-17(20-12(3)21)11(2)6-14(10)8-13-4-5-15(18)16(19)9-13/h4-7,9H,8H2,1-3H3,(H,20,21). The Hall–Kier alpha value is -1.51. The first-order valence-corrected chi connectivity index (χ1v) is 7.44. The zero-order valence-electron chi connectivity index (χ0n) is 12.3. The van der Waals surface area contributed by atoms with Gasteiger partial charge in [-0.3, -0.25) is 4.79 Å². The fraction of sp³-hybridized carbons (Fsp3) is 0.235. The molecule has 0 unspecified atom stereocenters. The normalized spacial score (nSPS) is 10.5. The Balaban J connectivity index is 2.30. The predicted molar refractivity (Wildman–Crippen MR) is 89.5 cm³/mol. The van der Waals surface area contributed by atoms with Crippen molar-refractivity contribution in [1.29, 1.82) is 0 Å². The number of benzene rings is 2. The predicted octanol–water partition coefficient (Wildman–Crippen LogP) is 5.16. The maximum Gasteiger partial charge on any atom is 0.221 e. The molecule has 1 amide bonds. The van der Waals surface area contributed by atoms with Crippen molar-refractivity contribution >= 4 is 34.8 Å². The Bertz CT molecular complexity index is 695. The first kappa shape index (κ1) is 15.9. The molecule has 2 nitrogen and oxygen atoms in total. The van der Waals surface area contributed by atoms with Gasteiger partial charge in [0.15, 0.2) is 0 Å². The minimum Gasteiger partial charge on any atom is -0.326 e. The molecular weight excluding hydrogens is 305 g/mol. The van der Waals surface area contributed by atoms with Crippen molar-refractivity contribution in [3.8, 4) is 0 Å². The number of rotatable bonds is 3. The molecule has 0 aliphatic rings. The van der Waals surface area contributed by atoms with Crippen molar-refractivity contribution in [2.75, 3.05) is 5.32 Å². The van der Waals surface area contributed by atoms with Crippen LogP contribution in [0.2, 0.25) is 10.0 Å². The zero-order valence-corrected chi connectivity index (χ0v) is 13.8. The summed E-state index contributed by atoms with van der Waals surface area (Å²) in [4.78, 5) is 11.2. The molecule has 0 saturated heterocycles. The Morgan fingerprint density at radius 1 is 1.05 bits per heavy atom. The third-order valence-corrected chi connectivity index (χ3v) is 4.11. The molecule has 0 heterocycles. The van der Waals surface area contributed by atoms with Gasteiger partial charge in [-0.2, -0.15) is 0 Å². The molecule has 0 saturated carbocycles. The van der Waals surface area contributed by atoms with Crippen LogP contribution < -0.4 is 5.32 Å². The van der Waals surface area contributed by atoms with E-state index in [9.17, 15) is 4.79 Å². The highest BCUT2D eigenvalue weighted by Crippen LogP contribution is 2.26. The van der Waals surface area contributed by atoms with Gasteiger partial charge in [-0.15, -0.1) is 0 Å². The summed E-state index contributed by atoms with van der Waals surface area (Å²) in [6.45, 7) is 5.54. The second-order valence-corrected chi connectivity index (χ2v) is 6.01. The number of aryl methyl sites for hydroxylation is 2. The Kier molecular flexibility index (Phi) is 4.92. The number of carbonyl (C=O) groups excluding carboxylic acids is 1. The van der Waals surface area contributed by atoms with Crippen molar-refractivity contribution in [2.24, 2.45) is 0 Å². The molecule has 21 heavy (non-hydrogen) atoms. The molecule has 0 aliphatic heterocycles. The van der Waals surface area contributed by atoms with Crippen molar-refractivity contribution in [3.63, 3.8) is 0 Å². The summed E-state index contributed by atoms with van der Waals surface area (Å²) in [5.41, 5.74) is 5.36. The maximum atomic E-state index is 11.2. The third-order valence-electron chi connectivity index (χ3n) is 3.37. The smallest absolute Gasteiger partial charge is 0.221 e. The van der Waals surface area contributed by atoms with E-state index in [1.54, 1.807) is 0 Å². The molecule has 2 aromatic rings. The molecule has 0 bridgehead atoms. The van der Waals surface area contributed by atoms with Crippen LogP contribution in [0.15, 0.2) is 30.3 Å². The number of hydrogen-bond acceptors (Lipinski definition) is 1. The van der Waals surface area contributed by atoms with Crippen LogP contribution in [0.1, 0.15) is 29.2 Å². The second-order valence-electron chi connectivity index (χ2n) is 5.20. The molecule has 0 radical (unpaired) electrons. The van der Waals surface area contributed by atoms with Crippen molar-refractivity contribution in [2.45, 2.75) is 27.2 Å². The van der Waals surface area contributed by atoms with E-state index in [1.807, 2.05) is 38.1 Å². The lowest BCUT2D eigenvalue weighted by Gasteiger charge is -2.13. The average molecular weight is 322 g/mol. The number of anilines is 1. The summed E-state index contributed by atoms with van der Waals surface area (Å²) in [7, 11) is 0. The third kappa shape index (κ3) is 3.99. The highest BCUT2D eigenvalue weighted by atomic mass is 35.5. The van der Waals surface area contributed by atoms with E-state index in [0.717, 1.165) is 28.8 Å². The first-order valence-electron chi connectivity index (χ1n) is 6.68. The highest BCUT2D eigenvalue weighted by molar-refractivity contribution is 6.42. The van der Waals surface area contributed by atoms with Crippen LogP contribution in [0.5, 0.6) is 0 Å². The summed E-state index contributed by atoms with van der Waals surface area (Å²) in [5.74, 6) is -0.0604. The van der Waals surface area contributed by atoms with Crippen LogP contribution >= 0.6 is 23.2 Å². The van der Waals surface area contributed by atoms with E-state index >= 15 is 0 Å². The lowest BCUT2D eigenvalue weighted by Crippen LogP contribution is -2.08. The topological polar surface area (TPSA) is 29.1 Å². The number of halogens is 2. The van der Waals surface area contributed by atoms with Gasteiger partial charge in [-0.05, 0) is 60.7 Å². The van der Waals surface area contributed by atoms with Crippen LogP contribution in [0, 0.1) is 13.8 Å². The van der Waals surface area contributed by atoms with Gasteiger partial charge < -0.3 is 5.32 Å². The quantitative estimate of drug-likeness (QED) is 0.831. The molecule has 0 spiro atoms. The number of carbonyl (C=O) groups is 1. The Labute approximate surface area is 135 Å². The van der Waals surface area contributed by atoms with E-state index in [0.29, 0.717) is 10.0 Å². The summed E-state index contributed by atoms with van der Waals surface area (Å²) < 4.78 is 0. The van der Waals surface area contributed by atoms with Gasteiger partial charge in [0.1, 0.15) is 0 Å². The van der Waals surface area contributed by atoms with Gasteiger partial charge >= 0.3 is 0 Å². The molecule has 2 aromatic carbocycles. The molecule has 0 aliphatic carbocycles. The van der Waals surface area contributed by atoms with Crippen LogP contribution in [-0.2, 0) is 11.2 Å². The highest BCUT2D eigenvalue weighted by Gasteiger charge is 2.08. The second kappa shape index (κ2) is 6.50. The van der Waals surface area contributed by atoms with Gasteiger partial charge in [-0.25, -0.2) is 0 Å². The van der Waals surface area contributed by atoms with E-state index < -0.39 is 0 Å². The molecule has 4 heteroatoms. The molecule has 2 rings (SSSR count). The first-order chi connectivity index (χ1) is 9.86. The fourth-order valence-electron chi connectivity index (χ4n) is 2.26. The summed E-state index contributed by atoms with van der Waals surface area (Å²) >= 11 is 12.0. The van der Waals surface area contributed by atoms with Crippen molar-refractivity contribution < 1.29 is 4.79 Å². The maximum absolute atomic E-state index is 11.2. The monoisotopic (exact) mass is 321 g/mol. The van der Waals surface area contributed by atoms with E-state index in [1.165, 1.54) is 12.5 Å². The Morgan fingerprint density at radius 3 is 2.38 bits per heavy atom. The average Bonchev–Trinajstić information content (AvgIpc) is 2.39. The number of nitrogens with one attached hydrogen (secondary N) is 1. The van der Waals surface area contributed by atoms with Gasteiger partial charge in [0.25, 0.3) is 0 Å². The fourth-order valence-corrected chi connectivity index (χ4v) is 2.58. The molecule has 0 fully saturated rings. The number of hydrogen-bond donors (Lipinski definition) is 1. The lowest BCUT2D eigenvalue weighted by atomic mass is 9.97. The number of amides is 1. The summed E-state index contributed by atoms with van der Waals surface area (Å²) in [5, 5.41) is 3.98. The molecule has 0 atom stereocenters. The minimum absolute atomic E-state index is 0.0604. The molecule has 1 N–H and O–H groups in total. The van der Waals surface area contributed by atoms with E-state index in [4.69, 9.17) is 23.2 Å². The largest absolute Gasteiger partial charge is 0.326 e.